The standard InChI is InChI=1S/C18H18OS/c1-2-20-14-17(19)13-18(15-9-5-3-6-10-15)16-11-7-4-8-12-16/h3-13H,2,14H2,1H3. The number of rotatable bonds is 6. The van der Waals surface area contributed by atoms with E-state index in [0.717, 1.165) is 22.5 Å². The molecule has 0 radical (unpaired) electrons. The summed E-state index contributed by atoms with van der Waals surface area (Å²) in [6.45, 7) is 2.07. The minimum atomic E-state index is 0.166. The van der Waals surface area contributed by atoms with Gasteiger partial charge < -0.3 is 0 Å². The molecule has 2 aromatic rings. The van der Waals surface area contributed by atoms with Crippen LogP contribution >= 0.6 is 11.8 Å². The number of hydrogen-bond donors (Lipinski definition) is 0. The van der Waals surface area contributed by atoms with E-state index >= 15 is 0 Å². The zero-order valence-corrected chi connectivity index (χ0v) is 12.4. The Balaban J connectivity index is 2.35. The fraction of sp³-hybridized carbons (Fsp3) is 0.167. The average Bonchev–Trinajstić information content (AvgIpc) is 2.52. The second-order valence-corrected chi connectivity index (χ2v) is 5.67. The van der Waals surface area contributed by atoms with Crippen LogP contribution in [0.15, 0.2) is 66.7 Å². The van der Waals surface area contributed by atoms with Crippen LogP contribution in [0.5, 0.6) is 0 Å². The van der Waals surface area contributed by atoms with Gasteiger partial charge in [-0.2, -0.15) is 11.8 Å². The van der Waals surface area contributed by atoms with Gasteiger partial charge in [0.2, 0.25) is 0 Å². The zero-order chi connectivity index (χ0) is 14.2. The molecule has 20 heavy (non-hydrogen) atoms. The summed E-state index contributed by atoms with van der Waals surface area (Å²) in [5.41, 5.74) is 3.15. The molecule has 0 saturated carbocycles. The fourth-order valence-electron chi connectivity index (χ4n) is 1.97. The van der Waals surface area contributed by atoms with E-state index < -0.39 is 0 Å². The summed E-state index contributed by atoms with van der Waals surface area (Å²) in [5.74, 6) is 1.67. The second kappa shape index (κ2) is 7.71. The quantitative estimate of drug-likeness (QED) is 0.729. The predicted octanol–water partition coefficient (Wildman–Crippen LogP) is 4.44. The lowest BCUT2D eigenvalue weighted by Crippen LogP contribution is -2.00. The van der Waals surface area contributed by atoms with Crippen molar-refractivity contribution >= 4 is 23.1 Å². The molecule has 0 aliphatic carbocycles. The molecule has 0 aliphatic rings. The molecule has 1 nitrogen and oxygen atoms in total. The van der Waals surface area contributed by atoms with Crippen molar-refractivity contribution in [2.75, 3.05) is 11.5 Å². The van der Waals surface area contributed by atoms with E-state index in [9.17, 15) is 4.79 Å². The summed E-state index contributed by atoms with van der Waals surface area (Å²) < 4.78 is 0. The highest BCUT2D eigenvalue weighted by Crippen LogP contribution is 2.23. The topological polar surface area (TPSA) is 17.1 Å². The van der Waals surface area contributed by atoms with Gasteiger partial charge in [-0.25, -0.2) is 0 Å². The second-order valence-electron chi connectivity index (χ2n) is 4.39. The van der Waals surface area contributed by atoms with E-state index in [0.29, 0.717) is 5.75 Å². The van der Waals surface area contributed by atoms with Gasteiger partial charge in [-0.3, -0.25) is 4.79 Å². The van der Waals surface area contributed by atoms with Crippen molar-refractivity contribution < 1.29 is 4.79 Å². The van der Waals surface area contributed by atoms with Crippen LogP contribution in [0.4, 0.5) is 0 Å². The summed E-state index contributed by atoms with van der Waals surface area (Å²) in [5, 5.41) is 0. The van der Waals surface area contributed by atoms with Crippen LogP contribution in [0.25, 0.3) is 5.57 Å². The largest absolute Gasteiger partial charge is 0.294 e. The van der Waals surface area contributed by atoms with E-state index in [1.54, 1.807) is 17.8 Å². The first-order valence-electron chi connectivity index (χ1n) is 6.74. The number of benzene rings is 2. The van der Waals surface area contributed by atoms with Crippen LogP contribution in [-0.4, -0.2) is 17.3 Å². The predicted molar refractivity (Wildman–Crippen MR) is 88.0 cm³/mol. The fourth-order valence-corrected chi connectivity index (χ4v) is 2.46. The van der Waals surface area contributed by atoms with Gasteiger partial charge in [0.05, 0.1) is 5.75 Å². The number of carbonyl (C=O) groups excluding carboxylic acids is 1. The monoisotopic (exact) mass is 282 g/mol. The Morgan fingerprint density at radius 3 is 1.90 bits per heavy atom. The summed E-state index contributed by atoms with van der Waals surface area (Å²) in [6.07, 6.45) is 1.77. The van der Waals surface area contributed by atoms with Crippen LogP contribution < -0.4 is 0 Å². The number of carbonyl (C=O) groups is 1. The molecule has 0 heterocycles. The van der Waals surface area contributed by atoms with E-state index in [1.165, 1.54) is 0 Å². The maximum absolute atomic E-state index is 12.1. The molecule has 0 aliphatic heterocycles. The van der Waals surface area contributed by atoms with Gasteiger partial charge in [-0.05, 0) is 28.5 Å². The lowest BCUT2D eigenvalue weighted by atomic mass is 9.97. The molecule has 0 unspecified atom stereocenters. The zero-order valence-electron chi connectivity index (χ0n) is 11.6. The molecule has 102 valence electrons. The Kier molecular flexibility index (Phi) is 5.63. The Morgan fingerprint density at radius 1 is 0.950 bits per heavy atom. The van der Waals surface area contributed by atoms with Gasteiger partial charge in [0.15, 0.2) is 5.78 Å². The normalized spacial score (nSPS) is 10.1. The van der Waals surface area contributed by atoms with Gasteiger partial charge in [0.1, 0.15) is 0 Å². The Labute approximate surface area is 124 Å². The molecular weight excluding hydrogens is 264 g/mol. The lowest BCUT2D eigenvalue weighted by molar-refractivity contribution is -0.112. The molecule has 2 heteroatoms. The maximum Gasteiger partial charge on any atom is 0.166 e. The van der Waals surface area contributed by atoms with E-state index in [2.05, 4.69) is 6.92 Å². The van der Waals surface area contributed by atoms with Gasteiger partial charge in [0.25, 0.3) is 0 Å². The van der Waals surface area contributed by atoms with Crippen molar-refractivity contribution in [2.24, 2.45) is 0 Å². The average molecular weight is 282 g/mol. The third kappa shape index (κ3) is 4.10. The minimum absolute atomic E-state index is 0.166. The van der Waals surface area contributed by atoms with Crippen molar-refractivity contribution in [1.29, 1.82) is 0 Å². The third-order valence-electron chi connectivity index (χ3n) is 2.92. The van der Waals surface area contributed by atoms with Gasteiger partial charge in [-0.15, -0.1) is 0 Å². The lowest BCUT2D eigenvalue weighted by Gasteiger charge is -2.08. The highest BCUT2D eigenvalue weighted by Gasteiger charge is 2.07. The first kappa shape index (κ1) is 14.6. The maximum atomic E-state index is 12.1. The summed E-state index contributed by atoms with van der Waals surface area (Å²) >= 11 is 1.65. The Bertz CT molecular complexity index is 531. The number of ketones is 1. The van der Waals surface area contributed by atoms with Gasteiger partial charge in [-0.1, -0.05) is 67.6 Å². The first-order chi connectivity index (χ1) is 9.81. The molecule has 0 spiro atoms. The van der Waals surface area contributed by atoms with Crippen LogP contribution in [0, 0.1) is 0 Å². The summed E-state index contributed by atoms with van der Waals surface area (Å²) in [7, 11) is 0. The third-order valence-corrected chi connectivity index (χ3v) is 3.82. The Morgan fingerprint density at radius 2 is 1.45 bits per heavy atom. The van der Waals surface area contributed by atoms with Crippen molar-refractivity contribution in [3.05, 3.63) is 77.9 Å². The number of allylic oxidation sites excluding steroid dienone is 1. The van der Waals surface area contributed by atoms with Crippen LogP contribution in [0.3, 0.4) is 0 Å². The number of thioether (sulfide) groups is 1. The van der Waals surface area contributed by atoms with Crippen molar-refractivity contribution in [2.45, 2.75) is 6.92 Å². The van der Waals surface area contributed by atoms with Gasteiger partial charge >= 0.3 is 0 Å². The molecule has 0 bridgehead atoms. The SMILES string of the molecule is CCSCC(=O)C=C(c1ccccc1)c1ccccc1. The molecule has 0 saturated heterocycles. The van der Waals surface area contributed by atoms with Crippen molar-refractivity contribution in [3.8, 4) is 0 Å². The molecular formula is C18H18OS. The van der Waals surface area contributed by atoms with E-state index in [1.807, 2.05) is 60.7 Å². The molecule has 0 amide bonds. The molecule has 0 aromatic heterocycles. The molecule has 0 N–H and O–H groups in total. The van der Waals surface area contributed by atoms with Crippen molar-refractivity contribution in [1.82, 2.24) is 0 Å². The van der Waals surface area contributed by atoms with Crippen LogP contribution in [-0.2, 0) is 4.79 Å². The summed E-state index contributed by atoms with van der Waals surface area (Å²) in [4.78, 5) is 12.1. The molecule has 2 rings (SSSR count). The van der Waals surface area contributed by atoms with Gasteiger partial charge in [0, 0.05) is 0 Å². The van der Waals surface area contributed by atoms with E-state index in [-0.39, 0.29) is 5.78 Å². The van der Waals surface area contributed by atoms with Crippen LogP contribution in [0.2, 0.25) is 0 Å². The molecule has 0 atom stereocenters. The number of hydrogen-bond acceptors (Lipinski definition) is 2. The minimum Gasteiger partial charge on any atom is -0.294 e. The smallest absolute Gasteiger partial charge is 0.166 e. The molecule has 2 aromatic carbocycles. The van der Waals surface area contributed by atoms with E-state index in [4.69, 9.17) is 0 Å². The van der Waals surface area contributed by atoms with Crippen LogP contribution in [0.1, 0.15) is 18.1 Å². The summed E-state index contributed by atoms with van der Waals surface area (Å²) in [6, 6.07) is 20.1. The Hall–Kier alpha value is -1.80. The molecule has 0 fully saturated rings. The highest BCUT2D eigenvalue weighted by molar-refractivity contribution is 7.99. The highest BCUT2D eigenvalue weighted by atomic mass is 32.2. The van der Waals surface area contributed by atoms with Crippen molar-refractivity contribution in [3.63, 3.8) is 0 Å². The first-order valence-corrected chi connectivity index (χ1v) is 7.90.